The first-order valence-electron chi connectivity index (χ1n) is 0.816. The Morgan fingerprint density at radius 1 is 0.353 bits per heavy atom. The molecule has 0 saturated heterocycles. The van der Waals surface area contributed by atoms with E-state index in [9.17, 15) is 0 Å². The smallest absolute Gasteiger partial charge is 2.00 e. The standard InChI is InChI=1S/2Mo.2H4N2.2Ni.9O/c;;2*1-2;;;;;;;;;;;/h;;2*1-2H2;;;;;;;;;;;/q2*+6;;;2*+2;9*-2/p+2. The van der Waals surface area contributed by atoms with Crippen LogP contribution < -0.4 is 23.4 Å². The first-order chi connectivity index (χ1) is 2.00. The van der Waals surface area contributed by atoms with Crippen molar-refractivity contribution in [1.82, 2.24) is 0 Å². The maximum Gasteiger partial charge on any atom is 6.00 e. The molecule has 0 fully saturated rings. The van der Waals surface area contributed by atoms with E-state index < -0.39 is 0 Å². The second-order valence-electron chi connectivity index (χ2n) is 0. The van der Waals surface area contributed by atoms with Crippen molar-refractivity contribution in [2.45, 2.75) is 0 Å². The van der Waals surface area contributed by atoms with Crippen molar-refractivity contribution in [2.24, 2.45) is 11.7 Å². The molecule has 0 aromatic heterocycles. The van der Waals surface area contributed by atoms with Gasteiger partial charge in [-0.3, -0.25) is 11.7 Å². The van der Waals surface area contributed by atoms with Crippen LogP contribution >= 0.6 is 0 Å². The van der Waals surface area contributed by atoms with Crippen molar-refractivity contribution < 1.29 is 136 Å². The van der Waals surface area contributed by atoms with Crippen LogP contribution in [-0.2, 0) is 124 Å². The van der Waals surface area contributed by atoms with E-state index in [-0.39, 0.29) is 124 Å². The van der Waals surface area contributed by atoms with Gasteiger partial charge in [-0.05, 0) is 0 Å². The Labute approximate surface area is 147 Å². The Balaban J connectivity index is -0.000000000205. The van der Waals surface area contributed by atoms with Crippen LogP contribution in [0.4, 0.5) is 0 Å². The summed E-state index contributed by atoms with van der Waals surface area (Å²) in [6, 6.07) is 0. The molecule has 0 atom stereocenters. The van der Waals surface area contributed by atoms with Crippen molar-refractivity contribution in [3.05, 3.63) is 0 Å². The molecule has 0 bridgehead atoms. The number of hydrogen-bond donors (Lipinski definition) is 4. The number of quaternary nitrogens is 2. The maximum atomic E-state index is 4.25. The Bertz CT molecular complexity index is 29.0. The van der Waals surface area contributed by atoms with Crippen molar-refractivity contribution in [3.63, 3.8) is 0 Å². The predicted octanol–water partition coefficient (Wildman–Crippen LogP) is -4.88. The topological polar surface area (TPSA) is 364 Å². The zero-order chi connectivity index (χ0) is 4.00. The van der Waals surface area contributed by atoms with E-state index in [1.165, 1.54) is 0 Å². The summed E-state index contributed by atoms with van der Waals surface area (Å²) >= 11 is 0. The molecule has 116 valence electrons. The van der Waals surface area contributed by atoms with E-state index in [2.05, 4.69) is 23.4 Å². The minimum Gasteiger partial charge on any atom is -2.00 e. The Morgan fingerprint density at radius 3 is 0.353 bits per heavy atom. The molecule has 0 amide bonds. The molecular weight excluding hydrogens is 509 g/mol. The third-order valence-corrected chi connectivity index (χ3v) is 0. The average molecular weight is 519 g/mol. The van der Waals surface area contributed by atoms with Crippen molar-refractivity contribution >= 4 is 0 Å². The van der Waals surface area contributed by atoms with E-state index in [4.69, 9.17) is 0 Å². The van der Waals surface area contributed by atoms with Crippen LogP contribution in [0, 0.1) is 0 Å². The van der Waals surface area contributed by atoms with E-state index in [0.29, 0.717) is 0 Å². The number of hydrogen-bond acceptors (Lipinski definition) is 2. The predicted molar refractivity (Wildman–Crippen MR) is 20.3 cm³/mol. The van der Waals surface area contributed by atoms with E-state index in [1.54, 1.807) is 0 Å². The summed E-state index contributed by atoms with van der Waals surface area (Å²) in [6.45, 7) is 0. The van der Waals surface area contributed by atoms with Crippen LogP contribution in [0.5, 0.6) is 0 Å². The summed E-state index contributed by atoms with van der Waals surface area (Å²) in [4.78, 5) is 0. The molecule has 0 saturated carbocycles. The molecule has 0 aromatic carbocycles. The van der Waals surface area contributed by atoms with Gasteiger partial charge >= 0.3 is 75.1 Å². The summed E-state index contributed by atoms with van der Waals surface area (Å²) in [5, 5.41) is 0. The molecule has 0 aliphatic rings. The van der Waals surface area contributed by atoms with Crippen molar-refractivity contribution in [3.8, 4) is 0 Å². The first kappa shape index (κ1) is 406. The quantitative estimate of drug-likeness (QED) is 0.139. The van der Waals surface area contributed by atoms with Crippen LogP contribution in [0.15, 0.2) is 0 Å². The molecule has 17 heavy (non-hydrogen) atoms. The number of nitrogens with two attached hydrogens (primary N) is 2. The summed E-state index contributed by atoms with van der Waals surface area (Å²) in [7, 11) is 0. The molecule has 0 spiro atoms. The fourth-order valence-corrected chi connectivity index (χ4v) is 0. The van der Waals surface area contributed by atoms with E-state index in [0.717, 1.165) is 0 Å². The van der Waals surface area contributed by atoms with Crippen molar-refractivity contribution in [2.75, 3.05) is 0 Å². The van der Waals surface area contributed by atoms with E-state index in [1.807, 2.05) is 0 Å². The molecule has 0 unspecified atom stereocenters. The second-order valence-corrected chi connectivity index (χ2v) is 0. The zero-order valence-electron chi connectivity index (χ0n) is 7.69. The van der Waals surface area contributed by atoms with Gasteiger partial charge in [-0.2, -0.15) is 11.7 Å². The van der Waals surface area contributed by atoms with Gasteiger partial charge in [0.15, 0.2) is 0 Å². The number of rotatable bonds is 0. The van der Waals surface area contributed by atoms with Crippen LogP contribution in [0.3, 0.4) is 0 Å². The average Bonchev–Trinajstić information content (AvgIpc) is 1.50. The Morgan fingerprint density at radius 2 is 0.353 bits per heavy atom. The Kier molecular flexibility index (Phi) is 35600. The summed E-state index contributed by atoms with van der Waals surface area (Å²) in [6.07, 6.45) is 0. The van der Waals surface area contributed by atoms with E-state index >= 15 is 0 Å². The molecule has 0 aliphatic carbocycles. The molecule has 0 aliphatic heterocycles. The molecule has 0 radical (unpaired) electrons. The van der Waals surface area contributed by atoms with Crippen LogP contribution in [0.2, 0.25) is 0 Å². The molecule has 17 heteroatoms. The molecule has 10 N–H and O–H groups in total. The summed E-state index contributed by atoms with van der Waals surface area (Å²) < 4.78 is 0. The second kappa shape index (κ2) is 1490. The van der Waals surface area contributed by atoms with Gasteiger partial charge in [0.1, 0.15) is 0 Å². The molecule has 13 nitrogen and oxygen atoms in total. The fraction of sp³-hybridized carbons (Fsp3) is 0. The van der Waals surface area contributed by atoms with Crippen LogP contribution in [-0.4, -0.2) is 0 Å². The largest absolute Gasteiger partial charge is 6.00 e. The van der Waals surface area contributed by atoms with Gasteiger partial charge in [-0.1, -0.05) is 0 Å². The molecule has 0 aromatic rings. The third kappa shape index (κ3) is 1320. The molecule has 0 rings (SSSR count). The monoisotopic (exact) mass is 522 g/mol. The first-order valence-corrected chi connectivity index (χ1v) is 0.816. The van der Waals surface area contributed by atoms with Gasteiger partial charge in [-0.25, -0.2) is 0 Å². The minimum absolute atomic E-state index is 0. The maximum absolute atomic E-state index is 4.25. The summed E-state index contributed by atoms with van der Waals surface area (Å²) in [5.41, 5.74) is 0. The minimum atomic E-state index is 0. The van der Waals surface area contributed by atoms with Gasteiger partial charge < -0.3 is 49.3 Å². The van der Waals surface area contributed by atoms with Crippen molar-refractivity contribution in [1.29, 1.82) is 0 Å². The fourth-order valence-electron chi connectivity index (χ4n) is 0. The summed E-state index contributed by atoms with van der Waals surface area (Å²) in [5.74, 6) is 14.0. The zero-order valence-corrected chi connectivity index (χ0v) is 13.7. The molecule has 0 heterocycles. The Hall–Kier alpha value is 1.84. The van der Waals surface area contributed by atoms with Gasteiger partial charge in [0.2, 0.25) is 0 Å². The van der Waals surface area contributed by atoms with Gasteiger partial charge in [-0.15, -0.1) is 0 Å². The van der Waals surface area contributed by atoms with Gasteiger partial charge in [0.05, 0.1) is 0 Å². The van der Waals surface area contributed by atoms with Gasteiger partial charge in [0.25, 0.3) is 0 Å². The van der Waals surface area contributed by atoms with Crippen LogP contribution in [0.1, 0.15) is 0 Å². The SMILES string of the molecule is N[NH3+].N[NH3+].[Mo+6].[Mo+6].[Ni+2].[Ni+2].[O-2].[O-2].[O-2].[O-2].[O-2].[O-2].[O-2].[O-2].[O-2]. The molecular formula is H10Mo2N4Ni2O9. The normalized spacial score (nSPS) is 0.706. The van der Waals surface area contributed by atoms with Crippen LogP contribution in [0.25, 0.3) is 0 Å². The third-order valence-electron chi connectivity index (χ3n) is 0. The van der Waals surface area contributed by atoms with Gasteiger partial charge in [0, 0.05) is 0 Å².